The zero-order valence-electron chi connectivity index (χ0n) is 19.1. The summed E-state index contributed by atoms with van der Waals surface area (Å²) in [5.74, 6) is 0.761. The number of fused-ring (bicyclic) bond motifs is 2. The smallest absolute Gasteiger partial charge is 0.160 e. The Labute approximate surface area is 201 Å². The van der Waals surface area contributed by atoms with E-state index in [9.17, 15) is 4.91 Å². The number of hydrogen-bond acceptors (Lipinski definition) is 7. The van der Waals surface area contributed by atoms with Crippen molar-refractivity contribution in [1.82, 2.24) is 19.4 Å². The lowest BCUT2D eigenvalue weighted by Gasteiger charge is -2.28. The molecule has 5 aromatic rings. The molecule has 0 saturated carbocycles. The van der Waals surface area contributed by atoms with Crippen LogP contribution in [0.3, 0.4) is 0 Å². The van der Waals surface area contributed by atoms with Gasteiger partial charge in [0.05, 0.1) is 37.3 Å². The Hall–Kier alpha value is -4.24. The highest BCUT2D eigenvalue weighted by atomic mass is 16.5. The standard InChI is InChI=1S/C26H25N7O2/c34-30-6-5-19-15-28-23-13-18(1-3-22(19)23)20-14-24(26-27-7-8-33(26)17-20)31-25-4-2-21(16-29-25)32-9-11-35-12-10-32/h1-4,7-8,13-17,28H,5-6,9-12H2,(H,29,31). The van der Waals surface area contributed by atoms with Gasteiger partial charge in [-0.2, -0.15) is 4.91 Å². The van der Waals surface area contributed by atoms with Crippen molar-refractivity contribution in [2.24, 2.45) is 5.18 Å². The van der Waals surface area contributed by atoms with Crippen LogP contribution >= 0.6 is 0 Å². The fraction of sp³-hybridized carbons (Fsp3) is 0.231. The van der Waals surface area contributed by atoms with E-state index in [4.69, 9.17) is 4.74 Å². The molecule has 6 rings (SSSR count). The predicted molar refractivity (Wildman–Crippen MR) is 137 cm³/mol. The van der Waals surface area contributed by atoms with Gasteiger partial charge in [-0.3, -0.25) is 0 Å². The highest BCUT2D eigenvalue weighted by molar-refractivity contribution is 5.89. The van der Waals surface area contributed by atoms with Gasteiger partial charge in [-0.1, -0.05) is 17.3 Å². The summed E-state index contributed by atoms with van der Waals surface area (Å²) in [5, 5.41) is 7.55. The number of H-pyrrole nitrogens is 1. The number of nitrogens with one attached hydrogen (secondary N) is 2. The third-order valence-electron chi connectivity index (χ3n) is 6.45. The van der Waals surface area contributed by atoms with Gasteiger partial charge in [0.2, 0.25) is 0 Å². The van der Waals surface area contributed by atoms with E-state index in [-0.39, 0.29) is 6.54 Å². The SMILES string of the molecule is O=NCCc1c[nH]c2cc(-c3cc(Nc4ccc(N5CCOCC5)cn4)c4nccn4c3)ccc12. The molecule has 1 saturated heterocycles. The normalized spacial score (nSPS) is 14.0. The summed E-state index contributed by atoms with van der Waals surface area (Å²) in [5.41, 5.74) is 7.07. The number of rotatable bonds is 7. The molecule has 35 heavy (non-hydrogen) atoms. The van der Waals surface area contributed by atoms with Crippen LogP contribution in [0.4, 0.5) is 17.2 Å². The number of aromatic amines is 1. The Kier molecular flexibility index (Phi) is 5.59. The third kappa shape index (κ3) is 4.22. The number of imidazole rings is 1. The molecule has 5 heterocycles. The quantitative estimate of drug-likeness (QED) is 0.335. The Morgan fingerprint density at radius 2 is 2.00 bits per heavy atom. The Morgan fingerprint density at radius 3 is 2.83 bits per heavy atom. The molecule has 176 valence electrons. The van der Waals surface area contributed by atoms with E-state index in [1.807, 2.05) is 29.1 Å². The molecule has 1 aromatic carbocycles. The van der Waals surface area contributed by atoms with Crippen LogP contribution in [0.25, 0.3) is 27.7 Å². The first-order valence-corrected chi connectivity index (χ1v) is 11.7. The summed E-state index contributed by atoms with van der Waals surface area (Å²) in [4.78, 5) is 25.3. The van der Waals surface area contributed by atoms with Crippen molar-refractivity contribution in [2.45, 2.75) is 6.42 Å². The van der Waals surface area contributed by atoms with Gasteiger partial charge in [0, 0.05) is 54.3 Å². The van der Waals surface area contributed by atoms with Gasteiger partial charge in [-0.05, 0) is 41.8 Å². The average Bonchev–Trinajstić information content (AvgIpc) is 3.55. The van der Waals surface area contributed by atoms with Gasteiger partial charge in [-0.25, -0.2) is 9.97 Å². The number of nitrogens with zero attached hydrogens (tertiary/aromatic N) is 5. The molecule has 0 aliphatic carbocycles. The molecule has 0 radical (unpaired) electrons. The van der Waals surface area contributed by atoms with Crippen LogP contribution in [0.2, 0.25) is 0 Å². The number of ether oxygens (including phenoxy) is 1. The Balaban J connectivity index is 1.30. The number of morpholine rings is 1. The van der Waals surface area contributed by atoms with Gasteiger partial charge in [0.1, 0.15) is 5.82 Å². The minimum atomic E-state index is 0.280. The zero-order chi connectivity index (χ0) is 23.6. The predicted octanol–water partition coefficient (Wildman–Crippen LogP) is 4.77. The van der Waals surface area contributed by atoms with Gasteiger partial charge in [0.15, 0.2) is 5.65 Å². The number of anilines is 3. The second-order valence-corrected chi connectivity index (χ2v) is 8.60. The van der Waals surface area contributed by atoms with E-state index >= 15 is 0 Å². The maximum absolute atomic E-state index is 10.5. The number of hydrogen-bond donors (Lipinski definition) is 2. The summed E-state index contributed by atoms with van der Waals surface area (Å²) < 4.78 is 7.46. The average molecular weight is 468 g/mol. The summed E-state index contributed by atoms with van der Waals surface area (Å²) in [7, 11) is 0. The minimum Gasteiger partial charge on any atom is -0.378 e. The Morgan fingerprint density at radius 1 is 1.09 bits per heavy atom. The lowest BCUT2D eigenvalue weighted by atomic mass is 10.0. The molecule has 9 heteroatoms. The van der Waals surface area contributed by atoms with Gasteiger partial charge >= 0.3 is 0 Å². The third-order valence-corrected chi connectivity index (χ3v) is 6.45. The van der Waals surface area contributed by atoms with Gasteiger partial charge in [0.25, 0.3) is 0 Å². The molecule has 1 aliphatic heterocycles. The summed E-state index contributed by atoms with van der Waals surface area (Å²) in [6.07, 6.45) is 10.3. The van der Waals surface area contributed by atoms with Crippen molar-refractivity contribution in [3.05, 3.63) is 77.9 Å². The van der Waals surface area contributed by atoms with Crippen molar-refractivity contribution < 1.29 is 4.74 Å². The maximum atomic E-state index is 10.5. The van der Waals surface area contributed by atoms with Crippen LogP contribution in [0, 0.1) is 4.91 Å². The summed E-state index contributed by atoms with van der Waals surface area (Å²) in [6.45, 7) is 3.53. The van der Waals surface area contributed by atoms with Gasteiger partial charge < -0.3 is 24.3 Å². The first kappa shape index (κ1) is 21.3. The van der Waals surface area contributed by atoms with E-state index in [0.29, 0.717) is 6.42 Å². The molecule has 0 atom stereocenters. The second-order valence-electron chi connectivity index (χ2n) is 8.60. The highest BCUT2D eigenvalue weighted by Gasteiger charge is 2.13. The molecule has 0 spiro atoms. The van der Waals surface area contributed by atoms with Crippen molar-refractivity contribution in [3.63, 3.8) is 0 Å². The van der Waals surface area contributed by atoms with Crippen molar-refractivity contribution in [3.8, 4) is 11.1 Å². The maximum Gasteiger partial charge on any atom is 0.160 e. The monoisotopic (exact) mass is 467 g/mol. The van der Waals surface area contributed by atoms with Crippen LogP contribution in [0.5, 0.6) is 0 Å². The van der Waals surface area contributed by atoms with E-state index in [1.165, 1.54) is 0 Å². The summed E-state index contributed by atoms with van der Waals surface area (Å²) >= 11 is 0. The van der Waals surface area contributed by atoms with E-state index < -0.39 is 0 Å². The van der Waals surface area contributed by atoms with Crippen LogP contribution in [-0.4, -0.2) is 52.2 Å². The Bertz CT molecular complexity index is 1480. The van der Waals surface area contributed by atoms with E-state index in [0.717, 1.165) is 76.7 Å². The number of benzene rings is 1. The largest absolute Gasteiger partial charge is 0.378 e. The van der Waals surface area contributed by atoms with E-state index in [2.05, 4.69) is 66.9 Å². The molecule has 9 nitrogen and oxygen atoms in total. The second kappa shape index (κ2) is 9.19. The number of pyridine rings is 2. The van der Waals surface area contributed by atoms with Crippen molar-refractivity contribution >= 4 is 33.7 Å². The van der Waals surface area contributed by atoms with Crippen LogP contribution < -0.4 is 10.2 Å². The first-order valence-electron chi connectivity index (χ1n) is 11.7. The number of aromatic nitrogens is 4. The molecule has 4 aromatic heterocycles. The highest BCUT2D eigenvalue weighted by Crippen LogP contribution is 2.31. The fourth-order valence-corrected chi connectivity index (χ4v) is 4.63. The lowest BCUT2D eigenvalue weighted by molar-refractivity contribution is 0.122. The van der Waals surface area contributed by atoms with Gasteiger partial charge in [-0.15, -0.1) is 0 Å². The molecular formula is C26H25N7O2. The molecule has 0 unspecified atom stereocenters. The van der Waals surface area contributed by atoms with Crippen LogP contribution in [-0.2, 0) is 11.2 Å². The lowest BCUT2D eigenvalue weighted by Crippen LogP contribution is -2.36. The van der Waals surface area contributed by atoms with E-state index in [1.54, 1.807) is 6.20 Å². The molecule has 2 N–H and O–H groups in total. The molecule has 0 bridgehead atoms. The molecule has 0 amide bonds. The van der Waals surface area contributed by atoms with Crippen molar-refractivity contribution in [2.75, 3.05) is 43.1 Å². The summed E-state index contributed by atoms with van der Waals surface area (Å²) in [6, 6.07) is 12.5. The molecule has 1 aliphatic rings. The first-order chi connectivity index (χ1) is 17.3. The topological polar surface area (TPSA) is 99.9 Å². The molecular weight excluding hydrogens is 442 g/mol. The van der Waals surface area contributed by atoms with Crippen LogP contribution in [0.1, 0.15) is 5.56 Å². The van der Waals surface area contributed by atoms with Crippen LogP contribution in [0.15, 0.2) is 72.6 Å². The zero-order valence-corrected chi connectivity index (χ0v) is 19.1. The minimum absolute atomic E-state index is 0.280. The number of nitroso groups, excluding NO2 is 1. The van der Waals surface area contributed by atoms with Crippen molar-refractivity contribution in [1.29, 1.82) is 0 Å². The molecule has 1 fully saturated rings. The fourth-order valence-electron chi connectivity index (χ4n) is 4.63.